The first-order chi connectivity index (χ1) is 15.0. The lowest BCUT2D eigenvalue weighted by molar-refractivity contribution is 0.101. The third-order valence-electron chi connectivity index (χ3n) is 6.03. The van der Waals surface area contributed by atoms with Crippen molar-refractivity contribution in [2.75, 3.05) is 6.50 Å². The summed E-state index contributed by atoms with van der Waals surface area (Å²) in [5.74, 6) is 0.806. The number of aryl methyl sites for hydroxylation is 1. The quantitative estimate of drug-likeness (QED) is 0.833. The summed E-state index contributed by atoms with van der Waals surface area (Å²) in [6.45, 7) is 0.134. The maximum Gasteiger partial charge on any atom is 0.135 e. The second-order valence-electron chi connectivity index (χ2n) is 8.20. The van der Waals surface area contributed by atoms with E-state index in [1.54, 1.807) is 0 Å². The zero-order valence-electron chi connectivity index (χ0n) is 21.2. The number of piperidine rings is 1. The van der Waals surface area contributed by atoms with E-state index in [0.717, 1.165) is 18.4 Å². The van der Waals surface area contributed by atoms with Gasteiger partial charge in [-0.05, 0) is 44.5 Å². The smallest absolute Gasteiger partial charge is 0.135 e. The summed E-state index contributed by atoms with van der Waals surface area (Å²) >= 11 is 0. The minimum atomic E-state index is -2.33. The summed E-state index contributed by atoms with van der Waals surface area (Å²) in [4.78, 5) is 2.01. The Kier molecular flexibility index (Phi) is 3.85. The largest absolute Gasteiger partial charge is 0.324 e. The van der Waals surface area contributed by atoms with Crippen molar-refractivity contribution in [1.82, 2.24) is 19.7 Å². The molecule has 5 nitrogen and oxygen atoms in total. The van der Waals surface area contributed by atoms with Crippen LogP contribution in [0.4, 0.5) is 0 Å². The van der Waals surface area contributed by atoms with Gasteiger partial charge in [0.15, 0.2) is 0 Å². The lowest BCUT2D eigenvalue weighted by Crippen LogP contribution is -2.44. The Morgan fingerprint density at radius 1 is 1.15 bits per heavy atom. The topological polar surface area (TPSA) is 60.0 Å². The summed E-state index contributed by atoms with van der Waals surface area (Å²) in [7, 11) is 0. The molecule has 0 radical (unpaired) electrons. The highest BCUT2D eigenvalue weighted by Gasteiger charge is 2.42. The fourth-order valence-corrected chi connectivity index (χ4v) is 4.70. The van der Waals surface area contributed by atoms with E-state index in [-0.39, 0.29) is 42.3 Å². The number of nitrogens with zero attached hydrogens (tertiary/aromatic N) is 4. The van der Waals surface area contributed by atoms with E-state index < -0.39 is 13.3 Å². The lowest BCUT2D eigenvalue weighted by atomic mass is 9.95. The van der Waals surface area contributed by atoms with Crippen LogP contribution in [0, 0.1) is 6.85 Å². The Balaban J connectivity index is 1.56. The van der Waals surface area contributed by atoms with Gasteiger partial charge in [0.1, 0.15) is 11.6 Å². The maximum atomic E-state index is 8.88. The SMILES string of the molecule is [2H]C([2H])([2H])c1nnc(C(C)C)n1C1CC2CCC(C1)N2C([2H])([2H])C[C@H](N)c1ccccc1. The van der Waals surface area contributed by atoms with Crippen LogP contribution in [0.2, 0.25) is 0 Å². The third-order valence-corrected chi connectivity index (χ3v) is 6.03. The van der Waals surface area contributed by atoms with Crippen LogP contribution in [0.15, 0.2) is 30.3 Å². The minimum Gasteiger partial charge on any atom is -0.324 e. The lowest BCUT2D eigenvalue weighted by Gasteiger charge is -2.40. The number of hydrogen-bond donors (Lipinski definition) is 1. The fourth-order valence-electron chi connectivity index (χ4n) is 4.70. The standard InChI is InChI=1S/C22H33N5/c1-15(2)22-25-24-16(3)27(22)20-13-18-9-10-19(14-20)26(18)12-11-21(23)17-7-5-4-6-8-17/h4-8,15,18-21H,9-14,23H2,1-3H3/t18?,19?,20?,21-/m0/s1/i3D3,12D2. The van der Waals surface area contributed by atoms with Crippen molar-refractivity contribution in [3.8, 4) is 0 Å². The molecule has 146 valence electrons. The number of hydrogen-bond acceptors (Lipinski definition) is 4. The highest BCUT2D eigenvalue weighted by molar-refractivity contribution is 5.18. The normalized spacial score (nSPS) is 30.4. The first kappa shape index (κ1) is 13.5. The summed E-state index contributed by atoms with van der Waals surface area (Å²) in [5.41, 5.74) is 7.31. The van der Waals surface area contributed by atoms with Gasteiger partial charge in [-0.2, -0.15) is 0 Å². The Labute approximate surface area is 170 Å². The van der Waals surface area contributed by atoms with E-state index in [9.17, 15) is 0 Å². The predicted molar refractivity (Wildman–Crippen MR) is 109 cm³/mol. The molecule has 0 amide bonds. The summed E-state index contributed by atoms with van der Waals surface area (Å²) in [6, 6.07) is 9.34. The van der Waals surface area contributed by atoms with E-state index in [2.05, 4.69) is 10.2 Å². The average Bonchev–Trinajstić information content (AvgIpc) is 3.28. The van der Waals surface area contributed by atoms with Crippen LogP contribution in [0.3, 0.4) is 0 Å². The number of rotatable bonds is 6. The van der Waals surface area contributed by atoms with Crippen LogP contribution < -0.4 is 5.73 Å². The van der Waals surface area contributed by atoms with Crippen LogP contribution in [-0.4, -0.2) is 38.2 Å². The molecule has 5 heteroatoms. The molecular formula is C22H33N5. The number of fused-ring (bicyclic) bond motifs is 2. The van der Waals surface area contributed by atoms with Crippen LogP contribution in [-0.2, 0) is 0 Å². The molecule has 2 unspecified atom stereocenters. The van der Waals surface area contributed by atoms with Crippen molar-refractivity contribution in [3.05, 3.63) is 47.5 Å². The van der Waals surface area contributed by atoms with Gasteiger partial charge in [-0.15, -0.1) is 10.2 Å². The van der Waals surface area contributed by atoms with Crippen molar-refractivity contribution >= 4 is 0 Å². The number of benzene rings is 1. The summed E-state index contributed by atoms with van der Waals surface area (Å²) < 4.78 is 43.4. The van der Waals surface area contributed by atoms with Gasteiger partial charge in [-0.3, -0.25) is 4.90 Å². The van der Waals surface area contributed by atoms with Gasteiger partial charge >= 0.3 is 0 Å². The second-order valence-corrected chi connectivity index (χ2v) is 8.20. The highest BCUT2D eigenvalue weighted by Crippen LogP contribution is 2.42. The molecule has 0 aliphatic carbocycles. The molecule has 2 bridgehead atoms. The van der Waals surface area contributed by atoms with Gasteiger partial charge in [-0.25, -0.2) is 0 Å². The van der Waals surface area contributed by atoms with E-state index in [1.807, 2.05) is 53.6 Å². The fraction of sp³-hybridized carbons (Fsp3) is 0.636. The first-order valence-electron chi connectivity index (χ1n) is 12.5. The number of nitrogens with two attached hydrogens (primary N) is 1. The van der Waals surface area contributed by atoms with Crippen molar-refractivity contribution in [3.63, 3.8) is 0 Å². The summed E-state index contributed by atoms with van der Waals surface area (Å²) in [5, 5.41) is 8.26. The molecule has 0 spiro atoms. The van der Waals surface area contributed by atoms with E-state index in [0.29, 0.717) is 18.7 Å². The zero-order chi connectivity index (χ0) is 23.3. The Morgan fingerprint density at radius 2 is 1.85 bits per heavy atom. The van der Waals surface area contributed by atoms with Gasteiger partial charge < -0.3 is 10.3 Å². The second kappa shape index (κ2) is 7.72. The molecule has 2 saturated heterocycles. The third kappa shape index (κ3) is 3.67. The number of aromatic nitrogens is 3. The van der Waals surface area contributed by atoms with Gasteiger partial charge in [0.25, 0.3) is 0 Å². The molecule has 4 rings (SSSR count). The van der Waals surface area contributed by atoms with Crippen molar-refractivity contribution in [1.29, 1.82) is 0 Å². The minimum absolute atomic E-state index is 0.0369. The molecule has 2 aliphatic rings. The first-order valence-corrected chi connectivity index (χ1v) is 10.0. The molecular weight excluding hydrogens is 334 g/mol. The van der Waals surface area contributed by atoms with E-state index in [1.165, 1.54) is 0 Å². The molecule has 2 N–H and O–H groups in total. The van der Waals surface area contributed by atoms with Crippen LogP contribution in [0.25, 0.3) is 0 Å². The molecule has 2 aliphatic heterocycles. The van der Waals surface area contributed by atoms with Gasteiger partial charge in [0.2, 0.25) is 0 Å². The molecule has 0 saturated carbocycles. The van der Waals surface area contributed by atoms with Crippen LogP contribution in [0.5, 0.6) is 0 Å². The Bertz CT molecular complexity index is 913. The van der Waals surface area contributed by atoms with Gasteiger partial charge in [0, 0.05) is 43.4 Å². The molecule has 1 aromatic carbocycles. The van der Waals surface area contributed by atoms with Gasteiger partial charge in [0.05, 0.1) is 0 Å². The van der Waals surface area contributed by atoms with Crippen molar-refractivity contribution < 1.29 is 6.85 Å². The van der Waals surface area contributed by atoms with Crippen molar-refractivity contribution in [2.24, 2.45) is 5.73 Å². The van der Waals surface area contributed by atoms with Gasteiger partial charge in [-0.1, -0.05) is 44.2 Å². The van der Waals surface area contributed by atoms with E-state index >= 15 is 0 Å². The maximum absolute atomic E-state index is 8.88. The molecule has 2 aromatic rings. The monoisotopic (exact) mass is 372 g/mol. The van der Waals surface area contributed by atoms with Crippen molar-refractivity contribution in [2.45, 2.75) is 82.9 Å². The average molecular weight is 373 g/mol. The predicted octanol–water partition coefficient (Wildman–Crippen LogP) is 3.97. The van der Waals surface area contributed by atoms with E-state index in [4.69, 9.17) is 12.6 Å². The Hall–Kier alpha value is -1.72. The van der Waals surface area contributed by atoms with Crippen LogP contribution in [0.1, 0.15) is 88.0 Å². The Morgan fingerprint density at radius 3 is 2.48 bits per heavy atom. The van der Waals surface area contributed by atoms with Crippen LogP contribution >= 0.6 is 0 Å². The molecule has 3 heterocycles. The zero-order valence-corrected chi connectivity index (χ0v) is 16.2. The highest BCUT2D eigenvalue weighted by atomic mass is 15.3. The molecule has 27 heavy (non-hydrogen) atoms. The molecule has 2 fully saturated rings. The molecule has 3 atom stereocenters. The summed E-state index contributed by atoms with van der Waals surface area (Å²) in [6.07, 6.45) is 3.42. The molecule has 1 aromatic heterocycles.